The smallest absolute Gasteiger partial charge is 0.135 e. The van der Waals surface area contributed by atoms with Gasteiger partial charge in [-0.05, 0) is 24.5 Å². The molecule has 0 aromatic carbocycles. The molecule has 0 spiro atoms. The topological polar surface area (TPSA) is 30.0 Å². The number of hydrogen-bond acceptors (Lipinski definition) is 2. The van der Waals surface area contributed by atoms with Gasteiger partial charge in [-0.15, -0.1) is 0 Å². The number of nitrogens with zero attached hydrogens (tertiary/aromatic N) is 1. The van der Waals surface area contributed by atoms with Crippen molar-refractivity contribution in [3.05, 3.63) is 30.6 Å². The van der Waals surface area contributed by atoms with E-state index < -0.39 is 0 Å². The molecule has 1 heterocycles. The summed E-state index contributed by atoms with van der Waals surface area (Å²) in [5.41, 5.74) is 0.361. The first kappa shape index (κ1) is 19.2. The van der Waals surface area contributed by atoms with Crippen molar-refractivity contribution in [2.24, 2.45) is 10.8 Å². The molecule has 0 saturated heterocycles. The van der Waals surface area contributed by atoms with Crippen LogP contribution >= 0.6 is 0 Å². The number of hydrogen-bond donors (Lipinski definition) is 0. The highest BCUT2D eigenvalue weighted by Gasteiger charge is 2.14. The van der Waals surface area contributed by atoms with Crippen LogP contribution in [-0.2, 0) is 4.79 Å². The zero-order valence-corrected chi connectivity index (χ0v) is 13.2. The molecule has 0 aliphatic heterocycles. The summed E-state index contributed by atoms with van der Waals surface area (Å²) in [6.45, 7) is 16.1. The van der Waals surface area contributed by atoms with Crippen LogP contribution in [0.3, 0.4) is 0 Å². The first-order valence-corrected chi connectivity index (χ1v) is 6.30. The Labute approximate surface area is 113 Å². The molecule has 0 aliphatic rings. The van der Waals surface area contributed by atoms with Gasteiger partial charge in [0.05, 0.1) is 0 Å². The predicted molar refractivity (Wildman–Crippen MR) is 79.5 cm³/mol. The van der Waals surface area contributed by atoms with Crippen LogP contribution in [0, 0.1) is 10.8 Å². The maximum Gasteiger partial charge on any atom is 0.135 e. The molecule has 1 aromatic rings. The summed E-state index contributed by atoms with van der Waals surface area (Å²) in [7, 11) is 0. The first-order valence-electron chi connectivity index (χ1n) is 6.30. The Morgan fingerprint density at radius 3 is 1.17 bits per heavy atom. The summed E-state index contributed by atoms with van der Waals surface area (Å²) in [6, 6.07) is 5.72. The molecule has 1 aromatic heterocycles. The zero-order chi connectivity index (χ0) is 14.8. The average Bonchev–Trinajstić information content (AvgIpc) is 2.17. The van der Waals surface area contributed by atoms with Gasteiger partial charge in [0, 0.05) is 17.8 Å². The summed E-state index contributed by atoms with van der Waals surface area (Å²) in [6.07, 6.45) is 3.50. The lowest BCUT2D eigenvalue weighted by molar-refractivity contribution is -0.124. The number of carbonyl (C=O) groups excluding carboxylic acids is 1. The van der Waals surface area contributed by atoms with Gasteiger partial charge < -0.3 is 0 Å². The number of ketones is 1. The van der Waals surface area contributed by atoms with E-state index in [1.54, 1.807) is 19.3 Å². The monoisotopic (exact) mass is 251 g/mol. The highest BCUT2D eigenvalue weighted by molar-refractivity contribution is 5.80. The van der Waals surface area contributed by atoms with E-state index in [-0.39, 0.29) is 11.2 Å². The predicted octanol–water partition coefficient (Wildman–Crippen LogP) is 4.76. The standard InChI is InChI=1S/C6H12O.C5H5N.C5H12/c1-5(7)6(2,3)4;1-2-4-6-5-3-1;1-5(2,3)4/h1-4H3;1-5H;1-4H3. The largest absolute Gasteiger partial charge is 0.299 e. The van der Waals surface area contributed by atoms with Crippen LogP contribution in [0.4, 0.5) is 0 Å². The second kappa shape index (κ2) is 8.84. The Hall–Kier alpha value is -1.18. The van der Waals surface area contributed by atoms with Gasteiger partial charge in [-0.2, -0.15) is 0 Å². The van der Waals surface area contributed by atoms with Gasteiger partial charge in [0.1, 0.15) is 5.78 Å². The highest BCUT2D eigenvalue weighted by Crippen LogP contribution is 2.12. The number of rotatable bonds is 0. The molecule has 0 saturated carbocycles. The van der Waals surface area contributed by atoms with E-state index in [1.165, 1.54) is 0 Å². The normalized spacial score (nSPS) is 10.4. The maximum atomic E-state index is 10.5. The maximum absolute atomic E-state index is 10.5. The van der Waals surface area contributed by atoms with Crippen molar-refractivity contribution in [2.45, 2.75) is 55.4 Å². The van der Waals surface area contributed by atoms with E-state index in [0.717, 1.165) is 0 Å². The van der Waals surface area contributed by atoms with Crippen LogP contribution in [0.15, 0.2) is 30.6 Å². The summed E-state index contributed by atoms with van der Waals surface area (Å²) >= 11 is 0. The zero-order valence-electron chi connectivity index (χ0n) is 13.2. The van der Waals surface area contributed by atoms with Crippen molar-refractivity contribution >= 4 is 5.78 Å². The molecule has 0 atom stereocenters. The Kier molecular flexibility index (Phi) is 9.42. The van der Waals surface area contributed by atoms with Crippen molar-refractivity contribution in [1.82, 2.24) is 4.98 Å². The van der Waals surface area contributed by atoms with Crippen molar-refractivity contribution < 1.29 is 4.79 Å². The molecule has 18 heavy (non-hydrogen) atoms. The molecule has 0 aliphatic carbocycles. The van der Waals surface area contributed by atoms with Crippen LogP contribution < -0.4 is 0 Å². The van der Waals surface area contributed by atoms with E-state index in [0.29, 0.717) is 5.41 Å². The molecule has 0 radical (unpaired) electrons. The van der Waals surface area contributed by atoms with E-state index in [2.05, 4.69) is 32.7 Å². The minimum Gasteiger partial charge on any atom is -0.299 e. The minimum absolute atomic E-state index is 0.139. The molecule has 0 amide bonds. The van der Waals surface area contributed by atoms with Gasteiger partial charge in [-0.3, -0.25) is 9.78 Å². The van der Waals surface area contributed by atoms with Crippen molar-refractivity contribution in [3.8, 4) is 0 Å². The number of pyridine rings is 1. The Morgan fingerprint density at radius 1 is 0.833 bits per heavy atom. The molecular formula is C16H29NO. The van der Waals surface area contributed by atoms with Crippen LogP contribution in [0.2, 0.25) is 0 Å². The number of aromatic nitrogens is 1. The summed E-state index contributed by atoms with van der Waals surface area (Å²) in [4.78, 5) is 14.2. The number of carbonyl (C=O) groups is 1. The van der Waals surface area contributed by atoms with E-state index >= 15 is 0 Å². The second-order valence-electron chi connectivity index (χ2n) is 6.83. The van der Waals surface area contributed by atoms with Gasteiger partial charge in [-0.1, -0.05) is 54.5 Å². The third-order valence-electron chi connectivity index (χ3n) is 1.62. The van der Waals surface area contributed by atoms with Crippen LogP contribution in [0.25, 0.3) is 0 Å². The van der Waals surface area contributed by atoms with Gasteiger partial charge in [0.25, 0.3) is 0 Å². The van der Waals surface area contributed by atoms with Crippen molar-refractivity contribution in [3.63, 3.8) is 0 Å². The minimum atomic E-state index is -0.139. The average molecular weight is 251 g/mol. The second-order valence-corrected chi connectivity index (χ2v) is 6.83. The fraction of sp³-hybridized carbons (Fsp3) is 0.625. The Morgan fingerprint density at radius 2 is 1.11 bits per heavy atom. The van der Waals surface area contributed by atoms with E-state index in [4.69, 9.17) is 0 Å². The van der Waals surface area contributed by atoms with Crippen LogP contribution in [0.5, 0.6) is 0 Å². The summed E-state index contributed by atoms with van der Waals surface area (Å²) in [5, 5.41) is 0. The SMILES string of the molecule is CC(=O)C(C)(C)C.CC(C)(C)C.c1ccncc1. The molecular weight excluding hydrogens is 222 g/mol. The van der Waals surface area contributed by atoms with Gasteiger partial charge in [-0.25, -0.2) is 0 Å². The molecule has 1 rings (SSSR count). The van der Waals surface area contributed by atoms with Crippen LogP contribution in [0.1, 0.15) is 55.4 Å². The van der Waals surface area contributed by atoms with E-state index in [1.807, 2.05) is 39.0 Å². The quantitative estimate of drug-likeness (QED) is 0.665. The lowest BCUT2D eigenvalue weighted by atomic mass is 9.92. The molecule has 2 nitrogen and oxygen atoms in total. The summed E-state index contributed by atoms with van der Waals surface area (Å²) in [5.74, 6) is 0.243. The molecule has 0 unspecified atom stereocenters. The van der Waals surface area contributed by atoms with Crippen molar-refractivity contribution in [2.75, 3.05) is 0 Å². The third-order valence-corrected chi connectivity index (χ3v) is 1.62. The lowest BCUT2D eigenvalue weighted by Gasteiger charge is -2.11. The van der Waals surface area contributed by atoms with Gasteiger partial charge in [0.15, 0.2) is 0 Å². The third kappa shape index (κ3) is 24.2. The van der Waals surface area contributed by atoms with Gasteiger partial charge >= 0.3 is 0 Å². The van der Waals surface area contributed by atoms with Crippen LogP contribution in [-0.4, -0.2) is 10.8 Å². The molecule has 104 valence electrons. The first-order chi connectivity index (χ1) is 7.94. The van der Waals surface area contributed by atoms with E-state index in [9.17, 15) is 4.79 Å². The number of Topliss-reactive ketones (excluding diaryl/α,β-unsaturated/α-hetero) is 1. The Bertz CT molecular complexity index is 271. The lowest BCUT2D eigenvalue weighted by Crippen LogP contribution is -2.15. The molecule has 2 heteroatoms. The highest BCUT2D eigenvalue weighted by atomic mass is 16.1. The van der Waals surface area contributed by atoms with Gasteiger partial charge in [0.2, 0.25) is 0 Å². The fourth-order valence-corrected chi connectivity index (χ4v) is 0.313. The fourth-order valence-electron chi connectivity index (χ4n) is 0.313. The summed E-state index contributed by atoms with van der Waals surface area (Å²) < 4.78 is 0. The Balaban J connectivity index is 0. The molecule has 0 N–H and O–H groups in total. The molecule has 0 bridgehead atoms. The molecule has 0 fully saturated rings. The van der Waals surface area contributed by atoms with Crippen molar-refractivity contribution in [1.29, 1.82) is 0 Å².